The van der Waals surface area contributed by atoms with E-state index in [2.05, 4.69) is 27.6 Å². The monoisotopic (exact) mass is 845 g/mol. The van der Waals surface area contributed by atoms with Gasteiger partial charge in [-0.15, -0.1) is 11.3 Å². The fraction of sp³-hybridized carbons (Fsp3) is 0.674. The number of carbonyl (C=O) groups is 5. The van der Waals surface area contributed by atoms with Crippen LogP contribution in [0.2, 0.25) is 0 Å². The molecule has 1 aliphatic heterocycles. The standard InChI is InChI=1S/C43H68FN7O7S/c1-10-12-13-15-21-51(41(55)37(28(5)11-2)47-39(54)34-17-14-16-20-49(34)9)35(27(3)4)23-36(58-29(6)52)40-46-33(25-59-40)38(53)48-50(26-43(7,8)42(56)57)24-30-18-19-32(45)31(44)22-30/h18-19,22,25,27-28,34-37H,10-17,20-21,23-24,26,45H2,1-9H3,(H,47,54)(H,48,53)(H,56,57)/t28-,34+,35+,36+,37-/m0/s1. The highest BCUT2D eigenvalue weighted by Crippen LogP contribution is 2.32. The Kier molecular flexibility index (Phi) is 19.2. The van der Waals surface area contributed by atoms with Crippen LogP contribution in [-0.4, -0.2) is 99.4 Å². The molecule has 0 unspecified atom stereocenters. The topological polar surface area (TPSA) is 188 Å². The molecule has 2 heterocycles. The lowest BCUT2D eigenvalue weighted by molar-refractivity contribution is -0.150. The van der Waals surface area contributed by atoms with Gasteiger partial charge in [-0.05, 0) is 76.2 Å². The number of benzene rings is 1. The second-order valence-corrected chi connectivity index (χ2v) is 17.9. The number of aromatic nitrogens is 1. The predicted molar refractivity (Wildman–Crippen MR) is 227 cm³/mol. The number of hydrogen-bond donors (Lipinski definition) is 4. The van der Waals surface area contributed by atoms with E-state index < -0.39 is 47.3 Å². The van der Waals surface area contributed by atoms with E-state index in [1.54, 1.807) is 6.07 Å². The Bertz CT molecular complexity index is 1720. The van der Waals surface area contributed by atoms with Crippen LogP contribution in [0.5, 0.6) is 0 Å². The van der Waals surface area contributed by atoms with Gasteiger partial charge >= 0.3 is 11.9 Å². The number of carbonyl (C=O) groups excluding carboxylic acids is 4. The van der Waals surface area contributed by atoms with Crippen molar-refractivity contribution in [3.8, 4) is 0 Å². The number of aliphatic carboxylic acids is 1. The maximum atomic E-state index is 14.9. The van der Waals surface area contributed by atoms with Crippen molar-refractivity contribution in [2.24, 2.45) is 17.3 Å². The number of nitrogen functional groups attached to an aromatic ring is 1. The summed E-state index contributed by atoms with van der Waals surface area (Å²) in [6.45, 7) is 15.6. The number of nitrogens with one attached hydrogen (secondary N) is 2. The van der Waals surface area contributed by atoms with E-state index in [0.717, 1.165) is 62.8 Å². The predicted octanol–water partition coefficient (Wildman–Crippen LogP) is 6.57. The second kappa shape index (κ2) is 23.0. The van der Waals surface area contributed by atoms with Crippen molar-refractivity contribution in [1.82, 2.24) is 30.5 Å². The number of nitrogens with two attached hydrogens (primary N) is 1. The first-order valence-corrected chi connectivity index (χ1v) is 21.9. The molecule has 0 spiro atoms. The molecule has 2 aromatic rings. The quantitative estimate of drug-likeness (QED) is 0.0411. The van der Waals surface area contributed by atoms with Gasteiger partial charge in [0.25, 0.3) is 5.91 Å². The molecule has 5 atom stereocenters. The van der Waals surface area contributed by atoms with Crippen LogP contribution in [0.15, 0.2) is 23.6 Å². The minimum Gasteiger partial charge on any atom is -0.481 e. The number of thiazole rings is 1. The lowest BCUT2D eigenvalue weighted by Gasteiger charge is -2.40. The average molecular weight is 846 g/mol. The summed E-state index contributed by atoms with van der Waals surface area (Å²) in [5.41, 5.74) is 7.52. The van der Waals surface area contributed by atoms with Crippen LogP contribution in [-0.2, 0) is 30.5 Å². The number of carboxylic acid groups (broad SMARTS) is 1. The summed E-state index contributed by atoms with van der Waals surface area (Å²) in [6, 6.07) is 2.73. The van der Waals surface area contributed by atoms with Crippen LogP contribution in [0.1, 0.15) is 140 Å². The normalized spacial score (nSPS) is 16.9. The summed E-state index contributed by atoms with van der Waals surface area (Å²) >= 11 is 1.13. The van der Waals surface area contributed by atoms with Gasteiger partial charge in [0.1, 0.15) is 22.6 Å². The molecule has 1 fully saturated rings. The minimum absolute atomic E-state index is 0.00425. The number of anilines is 1. The van der Waals surface area contributed by atoms with Gasteiger partial charge in [-0.1, -0.05) is 72.8 Å². The van der Waals surface area contributed by atoms with Crippen LogP contribution in [0.25, 0.3) is 0 Å². The molecule has 0 aliphatic carbocycles. The molecule has 59 heavy (non-hydrogen) atoms. The lowest BCUT2D eigenvalue weighted by atomic mass is 9.91. The lowest BCUT2D eigenvalue weighted by Crippen LogP contribution is -2.59. The van der Waals surface area contributed by atoms with Crippen LogP contribution in [0.3, 0.4) is 0 Å². The van der Waals surface area contributed by atoms with E-state index in [-0.39, 0.29) is 60.6 Å². The molecule has 5 N–H and O–H groups in total. The zero-order valence-corrected chi connectivity index (χ0v) is 37.3. The van der Waals surface area contributed by atoms with E-state index >= 15 is 0 Å². The molecule has 14 nitrogen and oxygen atoms in total. The number of amides is 3. The largest absolute Gasteiger partial charge is 0.481 e. The van der Waals surface area contributed by atoms with Crippen molar-refractivity contribution >= 4 is 46.7 Å². The van der Waals surface area contributed by atoms with Gasteiger partial charge in [0, 0.05) is 44.4 Å². The number of ether oxygens (including phenoxy) is 1. The highest BCUT2D eigenvalue weighted by molar-refractivity contribution is 7.09. The molecular formula is C43H68FN7O7S. The Morgan fingerprint density at radius 2 is 1.83 bits per heavy atom. The molecule has 0 bridgehead atoms. The first-order chi connectivity index (χ1) is 27.8. The van der Waals surface area contributed by atoms with Crippen LogP contribution in [0, 0.1) is 23.1 Å². The average Bonchev–Trinajstić information content (AvgIpc) is 3.67. The van der Waals surface area contributed by atoms with Crippen molar-refractivity contribution in [1.29, 1.82) is 0 Å². The number of esters is 1. The number of piperidine rings is 1. The molecule has 16 heteroatoms. The van der Waals surface area contributed by atoms with Gasteiger partial charge in [-0.25, -0.2) is 14.4 Å². The van der Waals surface area contributed by atoms with Crippen LogP contribution < -0.4 is 16.5 Å². The fourth-order valence-electron chi connectivity index (χ4n) is 7.35. The Morgan fingerprint density at radius 1 is 1.12 bits per heavy atom. The summed E-state index contributed by atoms with van der Waals surface area (Å²) in [5, 5.41) is 16.3. The zero-order valence-electron chi connectivity index (χ0n) is 36.5. The van der Waals surface area contributed by atoms with E-state index in [4.69, 9.17) is 10.5 Å². The van der Waals surface area contributed by atoms with Gasteiger partial charge in [0.15, 0.2) is 6.10 Å². The SMILES string of the molecule is CCCCCCN(C(=O)[C@@H](NC(=O)[C@H]1CCCCN1C)[C@@H](C)CC)[C@H](C[C@@H](OC(C)=O)c1nc(C(=O)NN(Cc2ccc(N)c(F)c2)CC(C)(C)C(=O)O)cs1)C(C)C. The number of hydrazine groups is 1. The van der Waals surface area contributed by atoms with Gasteiger partial charge in [0.05, 0.1) is 17.1 Å². The summed E-state index contributed by atoms with van der Waals surface area (Å²) < 4.78 is 20.2. The van der Waals surface area contributed by atoms with Crippen molar-refractivity contribution < 1.29 is 38.2 Å². The zero-order chi connectivity index (χ0) is 44.0. The Hall–Kier alpha value is -4.15. The van der Waals surface area contributed by atoms with Gasteiger partial charge in [-0.2, -0.15) is 0 Å². The minimum atomic E-state index is -1.29. The molecule has 330 valence electrons. The summed E-state index contributed by atoms with van der Waals surface area (Å²) in [5.74, 6) is -3.48. The number of nitrogens with zero attached hydrogens (tertiary/aromatic N) is 4. The maximum Gasteiger partial charge on any atom is 0.310 e. The van der Waals surface area contributed by atoms with Crippen molar-refractivity contribution in [2.75, 3.05) is 32.4 Å². The van der Waals surface area contributed by atoms with Gasteiger partial charge in [-0.3, -0.25) is 34.3 Å². The van der Waals surface area contributed by atoms with Gasteiger partial charge in [0.2, 0.25) is 11.8 Å². The maximum absolute atomic E-state index is 14.9. The molecule has 1 aromatic heterocycles. The second-order valence-electron chi connectivity index (χ2n) is 17.0. The number of likely N-dealkylation sites (N-methyl/N-ethyl adjacent to an activating group) is 1. The summed E-state index contributed by atoms with van der Waals surface area (Å²) in [6.07, 6.45) is 6.38. The molecule has 1 saturated heterocycles. The molecule has 3 rings (SSSR count). The number of unbranched alkanes of at least 4 members (excludes halogenated alkanes) is 3. The Labute approximate surface area is 353 Å². The number of hydrogen-bond acceptors (Lipinski definition) is 11. The molecule has 1 aromatic carbocycles. The van der Waals surface area contributed by atoms with E-state index in [1.807, 2.05) is 39.6 Å². The molecule has 0 radical (unpaired) electrons. The highest BCUT2D eigenvalue weighted by atomic mass is 32.1. The number of likely N-dealkylation sites (tertiary alicyclic amines) is 1. The smallest absolute Gasteiger partial charge is 0.310 e. The fourth-order valence-corrected chi connectivity index (χ4v) is 8.19. The summed E-state index contributed by atoms with van der Waals surface area (Å²) in [7, 11) is 1.95. The Morgan fingerprint density at radius 3 is 2.42 bits per heavy atom. The molecule has 1 aliphatic rings. The third-order valence-corrected chi connectivity index (χ3v) is 12.1. The van der Waals surface area contributed by atoms with E-state index in [0.29, 0.717) is 23.5 Å². The van der Waals surface area contributed by atoms with Crippen molar-refractivity contribution in [3.63, 3.8) is 0 Å². The number of halogens is 1. The molecule has 0 saturated carbocycles. The first-order valence-electron chi connectivity index (χ1n) is 21.1. The Balaban J connectivity index is 1.95. The third-order valence-electron chi connectivity index (χ3n) is 11.2. The van der Waals surface area contributed by atoms with Crippen molar-refractivity contribution in [2.45, 2.75) is 144 Å². The van der Waals surface area contributed by atoms with E-state index in [1.165, 1.54) is 43.3 Å². The highest BCUT2D eigenvalue weighted by Gasteiger charge is 2.39. The summed E-state index contributed by atoms with van der Waals surface area (Å²) in [4.78, 5) is 75.5. The molecular weight excluding hydrogens is 778 g/mol. The third kappa shape index (κ3) is 14.5. The van der Waals surface area contributed by atoms with Crippen LogP contribution in [0.4, 0.5) is 10.1 Å². The molecule has 3 amide bonds. The van der Waals surface area contributed by atoms with Crippen molar-refractivity contribution in [3.05, 3.63) is 45.7 Å². The van der Waals surface area contributed by atoms with Gasteiger partial charge < -0.3 is 25.8 Å². The van der Waals surface area contributed by atoms with E-state index in [9.17, 15) is 33.5 Å². The van der Waals surface area contributed by atoms with Crippen LogP contribution >= 0.6 is 11.3 Å². The first kappa shape index (κ1) is 49.2. The number of rotatable bonds is 23. The number of carboxylic acids is 1.